The molecule has 0 saturated heterocycles. The van der Waals surface area contributed by atoms with Gasteiger partial charge in [0.05, 0.1) is 20.8 Å². The van der Waals surface area contributed by atoms with Crippen LogP contribution in [0.2, 0.25) is 0 Å². The molecule has 2 rings (SSSR count). The second-order valence-corrected chi connectivity index (χ2v) is 7.88. The van der Waals surface area contributed by atoms with E-state index in [-0.39, 0.29) is 5.41 Å². The lowest BCUT2D eigenvalue weighted by molar-refractivity contribution is 0.0597. The third-order valence-electron chi connectivity index (χ3n) is 4.32. The number of nitrogens with one attached hydrogen (secondary N) is 2. The van der Waals surface area contributed by atoms with Crippen molar-refractivity contribution in [1.82, 2.24) is 10.6 Å². The molecular weight excluding hydrogens is 374 g/mol. The van der Waals surface area contributed by atoms with Gasteiger partial charge in [0, 0.05) is 23.4 Å². The molecule has 2 N–H and O–H groups in total. The number of nitrogens with zero attached hydrogens (tertiary/aromatic N) is 1. The fourth-order valence-electron chi connectivity index (χ4n) is 2.69. The second kappa shape index (κ2) is 10.1. The summed E-state index contributed by atoms with van der Waals surface area (Å²) in [5, 5.41) is 8.78. The van der Waals surface area contributed by atoms with Crippen LogP contribution >= 0.6 is 11.3 Å². The number of esters is 1. The summed E-state index contributed by atoms with van der Waals surface area (Å²) in [5.41, 5.74) is 1.30. The Morgan fingerprint density at radius 1 is 1.21 bits per heavy atom. The average Bonchev–Trinajstić information content (AvgIpc) is 3.25. The lowest BCUT2D eigenvalue weighted by Gasteiger charge is -2.25. The maximum atomic E-state index is 11.9. The summed E-state index contributed by atoms with van der Waals surface area (Å²) in [5.74, 6) is 0.801. The summed E-state index contributed by atoms with van der Waals surface area (Å²) in [4.78, 5) is 17.9. The zero-order valence-corrected chi connectivity index (χ0v) is 18.0. The highest BCUT2D eigenvalue weighted by Crippen LogP contribution is 2.26. The van der Waals surface area contributed by atoms with E-state index in [1.807, 2.05) is 13.0 Å². The third-order valence-corrected chi connectivity index (χ3v) is 5.55. The molecule has 0 aliphatic carbocycles. The van der Waals surface area contributed by atoms with E-state index in [1.54, 1.807) is 23.5 Å². The SMILES string of the molecule is CCNC(=NCc1ccc(OC)c(C(=O)OC)c1)NCC(C)(C)c1cccs1. The van der Waals surface area contributed by atoms with E-state index in [9.17, 15) is 4.79 Å². The monoisotopic (exact) mass is 403 g/mol. The zero-order chi connectivity index (χ0) is 20.6. The van der Waals surface area contributed by atoms with Crippen molar-refractivity contribution in [3.8, 4) is 5.75 Å². The van der Waals surface area contributed by atoms with Gasteiger partial charge >= 0.3 is 5.97 Å². The fraction of sp³-hybridized carbons (Fsp3) is 0.429. The number of carbonyl (C=O) groups is 1. The predicted octanol–water partition coefficient (Wildman–Crippen LogP) is 3.58. The van der Waals surface area contributed by atoms with Crippen molar-refractivity contribution in [3.05, 3.63) is 51.7 Å². The van der Waals surface area contributed by atoms with E-state index in [1.165, 1.54) is 19.1 Å². The second-order valence-electron chi connectivity index (χ2n) is 6.94. The molecule has 0 amide bonds. The highest BCUT2D eigenvalue weighted by atomic mass is 32.1. The molecule has 6 nitrogen and oxygen atoms in total. The summed E-state index contributed by atoms with van der Waals surface area (Å²) in [7, 11) is 2.89. The maximum absolute atomic E-state index is 11.9. The van der Waals surface area contributed by atoms with Crippen LogP contribution in [0.15, 0.2) is 40.7 Å². The Kier molecular flexibility index (Phi) is 7.87. The summed E-state index contributed by atoms with van der Waals surface area (Å²) in [6.45, 7) is 8.41. The normalized spacial score (nSPS) is 11.8. The topological polar surface area (TPSA) is 72.0 Å². The van der Waals surface area contributed by atoms with Crippen LogP contribution in [0.25, 0.3) is 0 Å². The minimum Gasteiger partial charge on any atom is -0.496 e. The van der Waals surface area contributed by atoms with Gasteiger partial charge in [-0.15, -0.1) is 11.3 Å². The fourth-order valence-corrected chi connectivity index (χ4v) is 3.54. The van der Waals surface area contributed by atoms with Gasteiger partial charge in [-0.1, -0.05) is 26.0 Å². The highest BCUT2D eigenvalue weighted by Gasteiger charge is 2.22. The molecule has 0 aliphatic heterocycles. The van der Waals surface area contributed by atoms with Crippen LogP contribution in [0, 0.1) is 0 Å². The molecule has 0 atom stereocenters. The summed E-state index contributed by atoms with van der Waals surface area (Å²) in [6.07, 6.45) is 0. The summed E-state index contributed by atoms with van der Waals surface area (Å²) >= 11 is 1.76. The first kappa shape index (κ1) is 21.8. The number of ether oxygens (including phenoxy) is 2. The number of hydrogen-bond acceptors (Lipinski definition) is 5. The summed E-state index contributed by atoms with van der Waals surface area (Å²) < 4.78 is 10.1. The molecule has 0 bridgehead atoms. The van der Waals surface area contributed by atoms with E-state index < -0.39 is 5.97 Å². The Morgan fingerprint density at radius 3 is 2.61 bits per heavy atom. The Morgan fingerprint density at radius 2 is 2.00 bits per heavy atom. The first-order chi connectivity index (χ1) is 13.4. The predicted molar refractivity (Wildman–Crippen MR) is 114 cm³/mol. The number of thiophene rings is 1. The van der Waals surface area contributed by atoms with Gasteiger partial charge in [-0.05, 0) is 36.1 Å². The zero-order valence-electron chi connectivity index (χ0n) is 17.2. The number of aliphatic imine (C=N–C) groups is 1. The van der Waals surface area contributed by atoms with E-state index in [2.05, 4.69) is 47.0 Å². The van der Waals surface area contributed by atoms with Gasteiger partial charge in [-0.3, -0.25) is 0 Å². The van der Waals surface area contributed by atoms with Crippen LogP contribution in [0.4, 0.5) is 0 Å². The molecule has 152 valence electrons. The van der Waals surface area contributed by atoms with E-state index >= 15 is 0 Å². The smallest absolute Gasteiger partial charge is 0.341 e. The molecule has 0 radical (unpaired) electrons. The van der Waals surface area contributed by atoms with Gasteiger partial charge in [-0.25, -0.2) is 9.79 Å². The Hall–Kier alpha value is -2.54. The molecule has 0 saturated carbocycles. The number of rotatable bonds is 8. The summed E-state index contributed by atoms with van der Waals surface area (Å²) in [6, 6.07) is 9.64. The average molecular weight is 404 g/mol. The van der Waals surface area contributed by atoms with Crippen LogP contribution < -0.4 is 15.4 Å². The molecule has 0 aliphatic rings. The van der Waals surface area contributed by atoms with E-state index in [0.717, 1.165) is 24.6 Å². The lowest BCUT2D eigenvalue weighted by Crippen LogP contribution is -2.43. The Bertz CT molecular complexity index is 801. The van der Waals surface area contributed by atoms with Crippen molar-refractivity contribution in [2.24, 2.45) is 4.99 Å². The van der Waals surface area contributed by atoms with Crippen molar-refractivity contribution >= 4 is 23.3 Å². The minimum atomic E-state index is -0.426. The first-order valence-electron chi connectivity index (χ1n) is 9.22. The molecule has 28 heavy (non-hydrogen) atoms. The number of benzene rings is 1. The van der Waals surface area contributed by atoms with Crippen molar-refractivity contribution in [3.63, 3.8) is 0 Å². The molecule has 7 heteroatoms. The third kappa shape index (κ3) is 5.73. The van der Waals surface area contributed by atoms with Crippen LogP contribution in [0.3, 0.4) is 0 Å². The van der Waals surface area contributed by atoms with Crippen LogP contribution in [-0.4, -0.2) is 39.2 Å². The molecule has 0 spiro atoms. The van der Waals surface area contributed by atoms with Gasteiger partial charge in [0.15, 0.2) is 5.96 Å². The number of methoxy groups -OCH3 is 2. The van der Waals surface area contributed by atoms with Crippen molar-refractivity contribution in [2.45, 2.75) is 32.7 Å². The highest BCUT2D eigenvalue weighted by molar-refractivity contribution is 7.10. The van der Waals surface area contributed by atoms with Crippen LogP contribution in [0.5, 0.6) is 5.75 Å². The molecule has 0 fully saturated rings. The van der Waals surface area contributed by atoms with Gasteiger partial charge in [0.2, 0.25) is 0 Å². The number of hydrogen-bond donors (Lipinski definition) is 2. The van der Waals surface area contributed by atoms with Crippen molar-refractivity contribution in [2.75, 3.05) is 27.3 Å². The molecule has 1 aromatic heterocycles. The Balaban J connectivity index is 2.11. The molecule has 1 heterocycles. The Labute approximate surface area is 171 Å². The van der Waals surface area contributed by atoms with Gasteiger partial charge in [0.1, 0.15) is 11.3 Å². The standard InChI is InChI=1S/C21H29N3O3S/c1-6-22-20(24-14-21(2,3)18-8-7-11-28-18)23-13-15-9-10-17(26-4)16(12-15)19(25)27-5/h7-12H,6,13-14H2,1-5H3,(H2,22,23,24). The lowest BCUT2D eigenvalue weighted by atomic mass is 9.91. The number of carbonyl (C=O) groups excluding carboxylic acids is 1. The minimum absolute atomic E-state index is 0.00250. The van der Waals surface area contributed by atoms with Gasteiger partial charge in [0.25, 0.3) is 0 Å². The molecule has 0 unspecified atom stereocenters. The van der Waals surface area contributed by atoms with E-state index in [4.69, 9.17) is 9.47 Å². The maximum Gasteiger partial charge on any atom is 0.341 e. The number of guanidine groups is 1. The van der Waals surface area contributed by atoms with Gasteiger partial charge < -0.3 is 20.1 Å². The van der Waals surface area contributed by atoms with Crippen molar-refractivity contribution < 1.29 is 14.3 Å². The molecule has 2 aromatic rings. The van der Waals surface area contributed by atoms with Crippen LogP contribution in [-0.2, 0) is 16.7 Å². The largest absolute Gasteiger partial charge is 0.496 e. The quantitative estimate of drug-likeness (QED) is 0.400. The molecular formula is C21H29N3O3S. The van der Waals surface area contributed by atoms with Crippen LogP contribution in [0.1, 0.15) is 41.6 Å². The first-order valence-corrected chi connectivity index (χ1v) is 10.1. The van der Waals surface area contributed by atoms with Gasteiger partial charge in [-0.2, -0.15) is 0 Å². The molecule has 1 aromatic carbocycles. The van der Waals surface area contributed by atoms with Crippen molar-refractivity contribution in [1.29, 1.82) is 0 Å². The van der Waals surface area contributed by atoms with E-state index in [0.29, 0.717) is 17.9 Å².